The number of rotatable bonds is 8. The molecule has 156 valence electrons. The number of carbonyl (C=O) groups is 2. The van der Waals surface area contributed by atoms with Crippen molar-refractivity contribution in [1.29, 1.82) is 0 Å². The molecule has 8 nitrogen and oxygen atoms in total. The van der Waals surface area contributed by atoms with E-state index in [2.05, 4.69) is 10.2 Å². The Bertz CT molecular complexity index is 851. The van der Waals surface area contributed by atoms with E-state index in [4.69, 9.17) is 9.47 Å². The van der Waals surface area contributed by atoms with Crippen LogP contribution in [0.25, 0.3) is 0 Å². The molecule has 0 saturated carbocycles. The molecule has 1 aliphatic rings. The summed E-state index contributed by atoms with van der Waals surface area (Å²) in [5, 5.41) is 11.5. The molecule has 3 rings (SSSR count). The number of hydrogen-bond donors (Lipinski definition) is 0. The number of hydrogen-bond acceptors (Lipinski definition) is 8. The summed E-state index contributed by atoms with van der Waals surface area (Å²) >= 11 is 0. The van der Waals surface area contributed by atoms with Crippen molar-refractivity contribution in [1.82, 2.24) is 0 Å². The van der Waals surface area contributed by atoms with Gasteiger partial charge in [0, 0.05) is 0 Å². The SMILES string of the molecule is CCCOC(=O)C1=NN(c2ccccc2)C(C(=O)OCCC)=NN1c1ccccc1. The van der Waals surface area contributed by atoms with Gasteiger partial charge in [-0.25, -0.2) is 19.6 Å². The zero-order chi connectivity index (χ0) is 21.3. The quantitative estimate of drug-likeness (QED) is 0.621. The van der Waals surface area contributed by atoms with Gasteiger partial charge in [0.2, 0.25) is 0 Å². The lowest BCUT2D eigenvalue weighted by molar-refractivity contribution is -0.137. The largest absolute Gasteiger partial charge is 0.460 e. The zero-order valence-electron chi connectivity index (χ0n) is 17.0. The first-order chi connectivity index (χ1) is 14.7. The van der Waals surface area contributed by atoms with E-state index in [0.29, 0.717) is 24.2 Å². The van der Waals surface area contributed by atoms with E-state index < -0.39 is 11.9 Å². The average Bonchev–Trinajstić information content (AvgIpc) is 2.81. The van der Waals surface area contributed by atoms with E-state index >= 15 is 0 Å². The van der Waals surface area contributed by atoms with E-state index in [1.165, 1.54) is 10.0 Å². The Hall–Kier alpha value is -3.68. The minimum Gasteiger partial charge on any atom is -0.460 e. The summed E-state index contributed by atoms with van der Waals surface area (Å²) in [4.78, 5) is 25.5. The van der Waals surface area contributed by atoms with Gasteiger partial charge < -0.3 is 9.47 Å². The first kappa shape index (κ1) is 21.0. The Morgan fingerprint density at radius 1 is 0.700 bits per heavy atom. The molecule has 1 heterocycles. The predicted octanol–water partition coefficient (Wildman–Crippen LogP) is 3.55. The van der Waals surface area contributed by atoms with Crippen molar-refractivity contribution in [2.45, 2.75) is 26.7 Å². The summed E-state index contributed by atoms with van der Waals surface area (Å²) in [6.45, 7) is 4.31. The Morgan fingerprint density at radius 3 is 1.40 bits per heavy atom. The normalized spacial score (nSPS) is 13.4. The highest BCUT2D eigenvalue weighted by Gasteiger charge is 2.34. The first-order valence-electron chi connectivity index (χ1n) is 9.87. The number of hydrazone groups is 2. The van der Waals surface area contributed by atoms with Crippen LogP contribution in [0.2, 0.25) is 0 Å². The molecule has 0 aliphatic carbocycles. The van der Waals surface area contributed by atoms with Crippen molar-refractivity contribution in [2.75, 3.05) is 23.2 Å². The molecule has 0 radical (unpaired) electrons. The second kappa shape index (κ2) is 10.2. The number of ether oxygens (including phenoxy) is 2. The second-order valence-electron chi connectivity index (χ2n) is 6.41. The molecule has 2 aromatic carbocycles. The van der Waals surface area contributed by atoms with Crippen LogP contribution in [0, 0.1) is 0 Å². The lowest BCUT2D eigenvalue weighted by Gasteiger charge is -2.30. The molecule has 30 heavy (non-hydrogen) atoms. The van der Waals surface area contributed by atoms with E-state index in [9.17, 15) is 9.59 Å². The number of benzene rings is 2. The van der Waals surface area contributed by atoms with Crippen LogP contribution in [0.4, 0.5) is 11.4 Å². The molecule has 1 aliphatic heterocycles. The summed E-state index contributed by atoms with van der Waals surface area (Å²) in [6.07, 6.45) is 1.34. The third-order valence-corrected chi connectivity index (χ3v) is 4.03. The van der Waals surface area contributed by atoms with Gasteiger partial charge >= 0.3 is 11.9 Å². The molecule has 0 N–H and O–H groups in total. The predicted molar refractivity (Wildman–Crippen MR) is 115 cm³/mol. The Morgan fingerprint density at radius 2 is 1.07 bits per heavy atom. The minimum atomic E-state index is -0.633. The fourth-order valence-electron chi connectivity index (χ4n) is 2.64. The molecule has 0 saturated heterocycles. The van der Waals surface area contributed by atoms with Crippen molar-refractivity contribution in [3.8, 4) is 0 Å². The Labute approximate surface area is 175 Å². The van der Waals surface area contributed by atoms with Crippen LogP contribution in [0.1, 0.15) is 26.7 Å². The fraction of sp³-hybridized carbons (Fsp3) is 0.273. The number of esters is 2. The summed E-state index contributed by atoms with van der Waals surface area (Å²) < 4.78 is 10.6. The fourth-order valence-corrected chi connectivity index (χ4v) is 2.64. The number of amidine groups is 2. The van der Waals surface area contributed by atoms with E-state index in [0.717, 1.165) is 0 Å². The Balaban J connectivity index is 2.08. The van der Waals surface area contributed by atoms with Gasteiger partial charge in [0.25, 0.3) is 11.7 Å². The number of anilines is 2. The minimum absolute atomic E-state index is 0.0504. The van der Waals surface area contributed by atoms with E-state index in [1.54, 1.807) is 48.5 Å². The molecule has 0 bridgehead atoms. The molecule has 2 aromatic rings. The van der Waals surface area contributed by atoms with Gasteiger partial charge in [0.15, 0.2) is 0 Å². The van der Waals surface area contributed by atoms with Crippen LogP contribution in [-0.4, -0.2) is 36.8 Å². The molecule has 0 atom stereocenters. The van der Waals surface area contributed by atoms with Crippen molar-refractivity contribution in [3.05, 3.63) is 60.7 Å². The van der Waals surface area contributed by atoms with Crippen LogP contribution in [0.3, 0.4) is 0 Å². The monoisotopic (exact) mass is 408 g/mol. The van der Waals surface area contributed by atoms with Crippen LogP contribution in [0.5, 0.6) is 0 Å². The summed E-state index contributed by atoms with van der Waals surface area (Å²) in [5.74, 6) is -1.37. The highest BCUT2D eigenvalue weighted by molar-refractivity contribution is 6.47. The van der Waals surface area contributed by atoms with Gasteiger partial charge in [-0.1, -0.05) is 50.2 Å². The summed E-state index contributed by atoms with van der Waals surface area (Å²) in [5.41, 5.74) is 1.14. The summed E-state index contributed by atoms with van der Waals surface area (Å²) in [6, 6.07) is 18.0. The average molecular weight is 408 g/mol. The van der Waals surface area contributed by atoms with Crippen molar-refractivity contribution in [3.63, 3.8) is 0 Å². The summed E-state index contributed by atoms with van der Waals surface area (Å²) in [7, 11) is 0. The maximum absolute atomic E-state index is 12.8. The van der Waals surface area contributed by atoms with Gasteiger partial charge in [-0.05, 0) is 37.1 Å². The molecule has 0 unspecified atom stereocenters. The molecule has 0 aromatic heterocycles. The van der Waals surface area contributed by atoms with E-state index in [-0.39, 0.29) is 24.9 Å². The number of carbonyl (C=O) groups excluding carboxylic acids is 2. The third kappa shape index (κ3) is 4.83. The first-order valence-corrected chi connectivity index (χ1v) is 9.87. The maximum atomic E-state index is 12.8. The third-order valence-electron chi connectivity index (χ3n) is 4.03. The van der Waals surface area contributed by atoms with Gasteiger partial charge in [-0.15, -0.1) is 10.2 Å². The van der Waals surface area contributed by atoms with Gasteiger partial charge in [-0.3, -0.25) is 0 Å². The van der Waals surface area contributed by atoms with Crippen LogP contribution < -0.4 is 10.0 Å². The molecular weight excluding hydrogens is 384 g/mol. The molecule has 8 heteroatoms. The van der Waals surface area contributed by atoms with Crippen LogP contribution in [-0.2, 0) is 19.1 Å². The molecule has 0 amide bonds. The maximum Gasteiger partial charge on any atom is 0.378 e. The Kier molecular flexibility index (Phi) is 7.15. The molecular formula is C22H24N4O4. The lowest BCUT2D eigenvalue weighted by atomic mass is 10.3. The van der Waals surface area contributed by atoms with E-state index in [1.807, 2.05) is 26.0 Å². The smallest absolute Gasteiger partial charge is 0.378 e. The topological polar surface area (TPSA) is 83.8 Å². The lowest BCUT2D eigenvalue weighted by Crippen LogP contribution is -2.47. The number of para-hydroxylation sites is 2. The second-order valence-corrected chi connectivity index (χ2v) is 6.41. The van der Waals surface area contributed by atoms with Crippen LogP contribution in [0.15, 0.2) is 70.9 Å². The van der Waals surface area contributed by atoms with Crippen LogP contribution >= 0.6 is 0 Å². The molecule has 0 spiro atoms. The van der Waals surface area contributed by atoms with Crippen molar-refractivity contribution in [2.24, 2.45) is 10.2 Å². The number of nitrogens with zero attached hydrogens (tertiary/aromatic N) is 4. The standard InChI is InChI=1S/C22H24N4O4/c1-3-15-29-21(27)19-23-26(18-13-9-6-10-14-18)20(22(28)30-16-4-2)24-25(19)17-11-7-5-8-12-17/h5-14H,3-4,15-16H2,1-2H3. The zero-order valence-corrected chi connectivity index (χ0v) is 17.0. The highest BCUT2D eigenvalue weighted by atomic mass is 16.5. The molecule has 0 fully saturated rings. The van der Waals surface area contributed by atoms with Crippen molar-refractivity contribution < 1.29 is 19.1 Å². The van der Waals surface area contributed by atoms with Gasteiger partial charge in [0.1, 0.15) is 0 Å². The highest BCUT2D eigenvalue weighted by Crippen LogP contribution is 2.24. The van der Waals surface area contributed by atoms with Gasteiger partial charge in [-0.2, -0.15) is 0 Å². The van der Waals surface area contributed by atoms with Crippen molar-refractivity contribution >= 4 is 35.0 Å². The van der Waals surface area contributed by atoms with Gasteiger partial charge in [0.05, 0.1) is 24.6 Å².